The molecular weight excluding hydrogens is 405 g/mol. The molecular formula is C24H35F3N2O2. The van der Waals surface area contributed by atoms with Gasteiger partial charge in [0, 0.05) is 24.4 Å². The van der Waals surface area contributed by atoms with E-state index < -0.39 is 11.9 Å². The van der Waals surface area contributed by atoms with Crippen molar-refractivity contribution in [3.8, 4) is 0 Å². The van der Waals surface area contributed by atoms with Crippen LogP contribution in [0.1, 0.15) is 62.5 Å². The third-order valence-electron chi connectivity index (χ3n) is 4.46. The maximum Gasteiger partial charge on any atom is 0.433 e. The van der Waals surface area contributed by atoms with Gasteiger partial charge in [0.25, 0.3) is 0 Å². The highest BCUT2D eigenvalue weighted by atomic mass is 19.4. The lowest BCUT2D eigenvalue weighted by molar-refractivity contribution is -0.141. The molecule has 7 heteroatoms. The van der Waals surface area contributed by atoms with Crippen LogP contribution in [0.5, 0.6) is 0 Å². The first-order valence-electron chi connectivity index (χ1n) is 10.6. The van der Waals surface area contributed by atoms with Gasteiger partial charge in [0.2, 0.25) is 0 Å². The maximum atomic E-state index is 11.9. The number of aryl methyl sites for hydroxylation is 2. The van der Waals surface area contributed by atoms with E-state index in [0.29, 0.717) is 18.2 Å². The van der Waals surface area contributed by atoms with E-state index in [1.54, 1.807) is 0 Å². The van der Waals surface area contributed by atoms with E-state index in [1.165, 1.54) is 24.6 Å². The van der Waals surface area contributed by atoms with Crippen LogP contribution in [-0.4, -0.2) is 27.8 Å². The van der Waals surface area contributed by atoms with Gasteiger partial charge in [0.05, 0.1) is 18.4 Å². The summed E-state index contributed by atoms with van der Waals surface area (Å²) in [6, 6.07) is 8.02. The second-order valence-corrected chi connectivity index (χ2v) is 8.50. The van der Waals surface area contributed by atoms with Crippen molar-refractivity contribution >= 4 is 0 Å². The van der Waals surface area contributed by atoms with E-state index in [9.17, 15) is 13.2 Å². The second kappa shape index (κ2) is 12.8. The fourth-order valence-corrected chi connectivity index (χ4v) is 2.87. The highest BCUT2D eigenvalue weighted by Gasteiger charge is 2.32. The summed E-state index contributed by atoms with van der Waals surface area (Å²) in [6.07, 6.45) is -2.38. The van der Waals surface area contributed by atoms with Gasteiger partial charge in [-0.1, -0.05) is 39.8 Å². The van der Waals surface area contributed by atoms with Gasteiger partial charge in [-0.15, -0.1) is 0 Å². The van der Waals surface area contributed by atoms with Crippen molar-refractivity contribution in [1.82, 2.24) is 9.97 Å². The average Bonchev–Trinajstić information content (AvgIpc) is 2.67. The molecule has 0 radical (unpaired) electrons. The van der Waals surface area contributed by atoms with E-state index in [1.807, 2.05) is 6.92 Å². The van der Waals surface area contributed by atoms with Crippen molar-refractivity contribution in [2.45, 2.75) is 73.3 Å². The van der Waals surface area contributed by atoms with Crippen LogP contribution in [0.4, 0.5) is 13.2 Å². The number of rotatable bonds is 3. The Kier molecular flexibility index (Phi) is 11.1. The van der Waals surface area contributed by atoms with Crippen molar-refractivity contribution in [3.63, 3.8) is 0 Å². The molecule has 3 heterocycles. The lowest BCUT2D eigenvalue weighted by atomic mass is 9.92. The molecule has 0 aromatic carbocycles. The first-order chi connectivity index (χ1) is 14.4. The molecule has 0 bridgehead atoms. The first-order valence-corrected chi connectivity index (χ1v) is 10.6. The molecule has 0 amide bonds. The number of alkyl halides is 3. The molecule has 1 N–H and O–H groups in total. The Morgan fingerprint density at radius 2 is 1.65 bits per heavy atom. The zero-order valence-electron chi connectivity index (χ0n) is 19.3. The largest absolute Gasteiger partial charge is 0.433 e. The predicted octanol–water partition coefficient (Wildman–Crippen LogP) is 5.92. The minimum atomic E-state index is -4.33. The van der Waals surface area contributed by atoms with Crippen LogP contribution in [0.15, 0.2) is 30.3 Å². The van der Waals surface area contributed by atoms with Crippen LogP contribution >= 0.6 is 0 Å². The fourth-order valence-electron chi connectivity index (χ4n) is 2.87. The van der Waals surface area contributed by atoms with E-state index in [4.69, 9.17) is 9.84 Å². The summed E-state index contributed by atoms with van der Waals surface area (Å²) in [5, 5.41) is 8.93. The van der Waals surface area contributed by atoms with E-state index >= 15 is 0 Å². The average molecular weight is 441 g/mol. The van der Waals surface area contributed by atoms with Crippen molar-refractivity contribution in [1.29, 1.82) is 0 Å². The quantitative estimate of drug-likeness (QED) is 0.644. The first kappa shape index (κ1) is 27.0. The van der Waals surface area contributed by atoms with Crippen LogP contribution in [-0.2, 0) is 23.9 Å². The third kappa shape index (κ3) is 10.2. The summed E-state index contributed by atoms with van der Waals surface area (Å²) < 4.78 is 41.5. The van der Waals surface area contributed by atoms with Crippen LogP contribution < -0.4 is 0 Å². The molecule has 3 rings (SSSR count). The lowest BCUT2D eigenvalue weighted by Crippen LogP contribution is -2.30. The molecule has 2 aromatic rings. The van der Waals surface area contributed by atoms with Gasteiger partial charge in [0.15, 0.2) is 0 Å². The summed E-state index contributed by atoms with van der Waals surface area (Å²) >= 11 is 0. The number of aromatic nitrogens is 2. The minimum absolute atomic E-state index is 0.226. The Bertz CT molecular complexity index is 792. The Morgan fingerprint density at radius 3 is 2.16 bits per heavy atom. The molecule has 2 atom stereocenters. The van der Waals surface area contributed by atoms with Gasteiger partial charge in [0.1, 0.15) is 5.69 Å². The van der Waals surface area contributed by atoms with E-state index in [2.05, 4.69) is 49.8 Å². The second-order valence-electron chi connectivity index (χ2n) is 8.50. The molecule has 1 aliphatic rings. The zero-order valence-corrected chi connectivity index (χ0v) is 19.3. The molecule has 1 unspecified atom stereocenters. The maximum absolute atomic E-state index is 11.9. The van der Waals surface area contributed by atoms with Gasteiger partial charge in [-0.05, 0) is 55.9 Å². The smallest absolute Gasteiger partial charge is 0.396 e. The Labute approximate surface area is 183 Å². The Balaban J connectivity index is 0.000000278. The Hall–Kier alpha value is -1.99. The SMILES string of the molecule is CC(C)C.Cc1ccc2c(n1)CO[C@@H](C(C)CCO)C2.Cc1cccc(C(F)(F)F)n1. The third-order valence-corrected chi connectivity index (χ3v) is 4.46. The van der Waals surface area contributed by atoms with E-state index in [-0.39, 0.29) is 12.7 Å². The van der Waals surface area contributed by atoms with Gasteiger partial charge in [-0.25, -0.2) is 4.98 Å². The van der Waals surface area contributed by atoms with Gasteiger partial charge >= 0.3 is 6.18 Å². The monoisotopic (exact) mass is 440 g/mol. The summed E-state index contributed by atoms with van der Waals surface area (Å²) in [5.74, 6) is 1.24. The fraction of sp³-hybridized carbons (Fsp3) is 0.583. The predicted molar refractivity (Wildman–Crippen MR) is 117 cm³/mol. The molecule has 0 aliphatic carbocycles. The minimum Gasteiger partial charge on any atom is -0.396 e. The molecule has 4 nitrogen and oxygen atoms in total. The summed E-state index contributed by atoms with van der Waals surface area (Å²) in [4.78, 5) is 7.80. The molecule has 0 saturated heterocycles. The summed E-state index contributed by atoms with van der Waals surface area (Å²) in [7, 11) is 0. The van der Waals surface area contributed by atoms with Crippen molar-refractivity contribution < 1.29 is 23.0 Å². The lowest BCUT2D eigenvalue weighted by Gasteiger charge is -2.29. The van der Waals surface area contributed by atoms with Crippen LogP contribution in [0, 0.1) is 25.7 Å². The number of fused-ring (bicyclic) bond motifs is 1. The van der Waals surface area contributed by atoms with Gasteiger partial charge < -0.3 is 9.84 Å². The van der Waals surface area contributed by atoms with Crippen LogP contribution in [0.3, 0.4) is 0 Å². The number of nitrogens with zero attached hydrogens (tertiary/aromatic N) is 2. The van der Waals surface area contributed by atoms with Crippen molar-refractivity contribution in [3.05, 3.63) is 58.7 Å². The molecule has 0 saturated carbocycles. The standard InChI is InChI=1S/C13H19NO2.C7H6F3N.C4H10/c1-9(5-6-15)13-7-11-4-3-10(2)14-12(11)8-16-13;1-5-3-2-4-6(11-5)7(8,9)10;1-4(2)3/h3-4,9,13,15H,5-8H2,1-2H3;2-4H,1H3;4H,1-3H3/t9?,13-;;/m1../s1. The van der Waals surface area contributed by atoms with Crippen molar-refractivity contribution in [2.24, 2.45) is 11.8 Å². The number of ether oxygens (including phenoxy) is 1. The highest BCUT2D eigenvalue weighted by Crippen LogP contribution is 2.27. The topological polar surface area (TPSA) is 55.2 Å². The number of aliphatic hydroxyl groups excluding tert-OH is 1. The highest BCUT2D eigenvalue weighted by molar-refractivity contribution is 5.24. The summed E-state index contributed by atoms with van der Waals surface area (Å²) in [5.41, 5.74) is 2.96. The van der Waals surface area contributed by atoms with Gasteiger partial charge in [-0.2, -0.15) is 13.2 Å². The molecule has 174 valence electrons. The molecule has 1 aliphatic heterocycles. The Morgan fingerprint density at radius 1 is 1.03 bits per heavy atom. The van der Waals surface area contributed by atoms with Crippen molar-refractivity contribution in [2.75, 3.05) is 6.61 Å². The number of hydrogen-bond donors (Lipinski definition) is 1. The molecule has 2 aromatic heterocycles. The van der Waals surface area contributed by atoms with E-state index in [0.717, 1.165) is 36.2 Å². The zero-order chi connectivity index (χ0) is 23.6. The number of hydrogen-bond acceptors (Lipinski definition) is 4. The summed E-state index contributed by atoms with van der Waals surface area (Å²) in [6.45, 7) is 13.0. The number of pyridine rings is 2. The van der Waals surface area contributed by atoms with Crippen LogP contribution in [0.2, 0.25) is 0 Å². The van der Waals surface area contributed by atoms with Crippen LogP contribution in [0.25, 0.3) is 0 Å². The van der Waals surface area contributed by atoms with Gasteiger partial charge in [-0.3, -0.25) is 4.98 Å². The molecule has 31 heavy (non-hydrogen) atoms. The normalized spacial score (nSPS) is 16.4. The molecule has 0 spiro atoms. The number of halogens is 3. The number of aliphatic hydroxyl groups is 1. The molecule has 0 fully saturated rings.